The summed E-state index contributed by atoms with van der Waals surface area (Å²) in [6.07, 6.45) is 1.08. The molecule has 1 aliphatic rings. The van der Waals surface area contributed by atoms with Crippen LogP contribution in [0.4, 0.5) is 0 Å². The van der Waals surface area contributed by atoms with E-state index in [9.17, 15) is 4.79 Å². The predicted molar refractivity (Wildman–Crippen MR) is 101 cm³/mol. The molecule has 1 aromatic heterocycles. The smallest absolute Gasteiger partial charge is 0.230 e. The highest BCUT2D eigenvalue weighted by atomic mass is 32.1. The van der Waals surface area contributed by atoms with Crippen molar-refractivity contribution in [3.63, 3.8) is 0 Å². The quantitative estimate of drug-likeness (QED) is 0.744. The zero-order valence-corrected chi connectivity index (χ0v) is 15.5. The number of aliphatic hydroxyl groups is 1. The van der Waals surface area contributed by atoms with Crippen LogP contribution in [-0.2, 0) is 19.7 Å². The Morgan fingerprint density at radius 3 is 2.69 bits per heavy atom. The van der Waals surface area contributed by atoms with Crippen LogP contribution in [0.2, 0.25) is 0 Å². The molecule has 0 aliphatic carbocycles. The fourth-order valence-corrected chi connectivity index (χ4v) is 4.11. The van der Waals surface area contributed by atoms with E-state index >= 15 is 0 Å². The van der Waals surface area contributed by atoms with Gasteiger partial charge in [0.05, 0.1) is 18.6 Å². The molecular formula is C20H25NO4S. The number of benzene rings is 1. The first-order valence-electron chi connectivity index (χ1n) is 8.92. The van der Waals surface area contributed by atoms with Crippen LogP contribution < -0.4 is 5.32 Å². The maximum Gasteiger partial charge on any atom is 0.230 e. The van der Waals surface area contributed by atoms with Gasteiger partial charge in [-0.1, -0.05) is 30.3 Å². The topological polar surface area (TPSA) is 67.8 Å². The molecule has 1 aromatic carbocycles. The lowest BCUT2D eigenvalue weighted by molar-refractivity contribution is -0.131. The van der Waals surface area contributed by atoms with Gasteiger partial charge in [0.25, 0.3) is 0 Å². The summed E-state index contributed by atoms with van der Waals surface area (Å²) >= 11 is 1.59. The van der Waals surface area contributed by atoms with Gasteiger partial charge in [-0.05, 0) is 40.8 Å². The average molecular weight is 375 g/mol. The maximum absolute atomic E-state index is 13.2. The van der Waals surface area contributed by atoms with Gasteiger partial charge < -0.3 is 19.9 Å². The Hall–Kier alpha value is -1.73. The minimum Gasteiger partial charge on any atom is -0.394 e. The lowest BCUT2D eigenvalue weighted by Crippen LogP contribution is -2.49. The van der Waals surface area contributed by atoms with Crippen molar-refractivity contribution in [3.8, 4) is 0 Å². The van der Waals surface area contributed by atoms with Gasteiger partial charge in [0.1, 0.15) is 6.10 Å². The van der Waals surface area contributed by atoms with Crippen molar-refractivity contribution in [2.75, 3.05) is 33.0 Å². The Labute approximate surface area is 158 Å². The highest BCUT2D eigenvalue weighted by Crippen LogP contribution is 2.35. The van der Waals surface area contributed by atoms with Crippen LogP contribution in [-0.4, -0.2) is 44.0 Å². The largest absolute Gasteiger partial charge is 0.394 e. The molecule has 0 bridgehead atoms. The molecule has 1 aliphatic heterocycles. The zero-order valence-electron chi connectivity index (χ0n) is 14.7. The summed E-state index contributed by atoms with van der Waals surface area (Å²) in [7, 11) is 0. The maximum atomic E-state index is 13.2. The van der Waals surface area contributed by atoms with Crippen LogP contribution in [0.25, 0.3) is 0 Å². The van der Waals surface area contributed by atoms with Crippen LogP contribution >= 0.6 is 11.3 Å². The number of carbonyl (C=O) groups is 1. The second kappa shape index (κ2) is 9.28. The molecule has 2 heterocycles. The standard InChI is InChI=1S/C20H25NO4S/c22-9-12-25-18(16-6-13-26-15-16)14-21-19(23)20(7-10-24-11-8-20)17-4-2-1-3-5-17/h1-6,13,15,18,22H,7-12,14H2,(H,21,23)/t18-/m0/s1. The molecule has 1 saturated heterocycles. The monoisotopic (exact) mass is 375 g/mol. The number of hydrogen-bond donors (Lipinski definition) is 2. The summed E-state index contributed by atoms with van der Waals surface area (Å²) in [4.78, 5) is 13.2. The van der Waals surface area contributed by atoms with Gasteiger partial charge in [-0.3, -0.25) is 4.79 Å². The molecule has 140 valence electrons. The van der Waals surface area contributed by atoms with Crippen LogP contribution in [0.1, 0.15) is 30.1 Å². The van der Waals surface area contributed by atoms with E-state index in [0.717, 1.165) is 11.1 Å². The third-order valence-electron chi connectivity index (χ3n) is 4.88. The van der Waals surface area contributed by atoms with E-state index in [2.05, 4.69) is 5.32 Å². The number of carbonyl (C=O) groups excluding carboxylic acids is 1. The summed E-state index contributed by atoms with van der Waals surface area (Å²) < 4.78 is 11.2. The lowest BCUT2D eigenvalue weighted by Gasteiger charge is -2.36. The minimum absolute atomic E-state index is 0.0137. The van der Waals surface area contributed by atoms with Crippen molar-refractivity contribution in [3.05, 3.63) is 58.3 Å². The molecule has 1 atom stereocenters. The van der Waals surface area contributed by atoms with Crippen LogP contribution in [0, 0.1) is 0 Å². The Morgan fingerprint density at radius 2 is 2.04 bits per heavy atom. The first-order chi connectivity index (χ1) is 12.8. The fourth-order valence-electron chi connectivity index (χ4n) is 3.40. The summed E-state index contributed by atoms with van der Waals surface area (Å²) in [6.45, 7) is 1.74. The number of thiophene rings is 1. The molecule has 1 fully saturated rings. The van der Waals surface area contributed by atoms with Gasteiger partial charge >= 0.3 is 0 Å². The van der Waals surface area contributed by atoms with Gasteiger partial charge in [0.15, 0.2) is 0 Å². The van der Waals surface area contributed by atoms with E-state index in [1.807, 2.05) is 47.2 Å². The van der Waals surface area contributed by atoms with Crippen LogP contribution in [0.3, 0.4) is 0 Å². The van der Waals surface area contributed by atoms with E-state index < -0.39 is 5.41 Å². The molecule has 1 amide bonds. The Morgan fingerprint density at radius 1 is 1.27 bits per heavy atom. The van der Waals surface area contributed by atoms with Crippen molar-refractivity contribution in [1.82, 2.24) is 5.32 Å². The molecule has 5 nitrogen and oxygen atoms in total. The lowest BCUT2D eigenvalue weighted by atomic mass is 9.73. The van der Waals surface area contributed by atoms with Crippen LogP contribution in [0.5, 0.6) is 0 Å². The number of aliphatic hydroxyl groups excluding tert-OH is 1. The van der Waals surface area contributed by atoms with E-state index in [-0.39, 0.29) is 25.2 Å². The number of rotatable bonds is 8. The van der Waals surface area contributed by atoms with E-state index in [4.69, 9.17) is 14.6 Å². The summed E-state index contributed by atoms with van der Waals surface area (Å²) in [5, 5.41) is 16.1. The average Bonchev–Trinajstić information content (AvgIpc) is 3.23. The second-order valence-electron chi connectivity index (χ2n) is 6.41. The Balaban J connectivity index is 1.73. The molecule has 0 radical (unpaired) electrons. The number of nitrogens with one attached hydrogen (secondary N) is 1. The number of ether oxygens (including phenoxy) is 2. The molecule has 2 aromatic rings. The number of amides is 1. The number of hydrogen-bond acceptors (Lipinski definition) is 5. The molecule has 2 N–H and O–H groups in total. The first-order valence-corrected chi connectivity index (χ1v) is 9.87. The first kappa shape index (κ1) is 19.0. The van der Waals surface area contributed by atoms with Crippen molar-refractivity contribution in [2.24, 2.45) is 0 Å². The third kappa shape index (κ3) is 4.32. The van der Waals surface area contributed by atoms with Crippen LogP contribution in [0.15, 0.2) is 47.2 Å². The molecule has 26 heavy (non-hydrogen) atoms. The van der Waals surface area contributed by atoms with E-state index in [1.54, 1.807) is 11.3 Å². The predicted octanol–water partition coefficient (Wildman–Crippen LogP) is 2.66. The Kier molecular flexibility index (Phi) is 6.80. The van der Waals surface area contributed by atoms with Gasteiger partial charge in [0, 0.05) is 19.8 Å². The fraction of sp³-hybridized carbons (Fsp3) is 0.450. The normalized spacial score (nSPS) is 17.6. The zero-order chi connectivity index (χ0) is 18.2. The second-order valence-corrected chi connectivity index (χ2v) is 7.19. The Bertz CT molecular complexity index is 668. The van der Waals surface area contributed by atoms with Gasteiger partial charge in [0.2, 0.25) is 5.91 Å². The van der Waals surface area contributed by atoms with Gasteiger partial charge in [-0.2, -0.15) is 11.3 Å². The minimum atomic E-state index is -0.560. The molecule has 0 spiro atoms. The van der Waals surface area contributed by atoms with Gasteiger partial charge in [-0.25, -0.2) is 0 Å². The highest BCUT2D eigenvalue weighted by Gasteiger charge is 2.41. The summed E-state index contributed by atoms with van der Waals surface area (Å²) in [5.41, 5.74) is 1.49. The molecule has 6 heteroatoms. The summed E-state index contributed by atoms with van der Waals surface area (Å²) in [5.74, 6) is 0.0137. The van der Waals surface area contributed by atoms with Crippen molar-refractivity contribution in [2.45, 2.75) is 24.4 Å². The van der Waals surface area contributed by atoms with Crippen molar-refractivity contribution < 1.29 is 19.4 Å². The highest BCUT2D eigenvalue weighted by molar-refractivity contribution is 7.07. The van der Waals surface area contributed by atoms with Gasteiger partial charge in [-0.15, -0.1) is 0 Å². The molecule has 0 saturated carbocycles. The van der Waals surface area contributed by atoms with E-state index in [1.165, 1.54) is 0 Å². The SMILES string of the molecule is O=C(NC[C@H](OCCO)c1ccsc1)C1(c2ccccc2)CCOCC1. The summed E-state index contributed by atoms with van der Waals surface area (Å²) in [6, 6.07) is 11.9. The molecular weight excluding hydrogens is 350 g/mol. The molecule has 0 unspecified atom stereocenters. The van der Waals surface area contributed by atoms with E-state index in [0.29, 0.717) is 32.6 Å². The third-order valence-corrected chi connectivity index (χ3v) is 5.58. The van der Waals surface area contributed by atoms with Crippen molar-refractivity contribution >= 4 is 17.2 Å². The van der Waals surface area contributed by atoms with Crippen molar-refractivity contribution in [1.29, 1.82) is 0 Å². The molecule has 3 rings (SSSR count).